The lowest BCUT2D eigenvalue weighted by molar-refractivity contribution is 0.0545. The van der Waals surface area contributed by atoms with E-state index in [0.717, 1.165) is 37.8 Å². The summed E-state index contributed by atoms with van der Waals surface area (Å²) in [5.74, 6) is 0.397. The molecule has 1 fully saturated rings. The second kappa shape index (κ2) is 7.92. The minimum absolute atomic E-state index is 0.0654. The van der Waals surface area contributed by atoms with Crippen molar-refractivity contribution < 1.29 is 17.9 Å². The third-order valence-corrected chi connectivity index (χ3v) is 4.78. The number of ether oxygens (including phenoxy) is 1. The van der Waals surface area contributed by atoms with Crippen LogP contribution in [0.3, 0.4) is 0 Å². The molecule has 3 rings (SSSR count). The van der Waals surface area contributed by atoms with Gasteiger partial charge in [0.2, 0.25) is 11.8 Å². The van der Waals surface area contributed by atoms with Crippen LogP contribution in [0.2, 0.25) is 0 Å². The fourth-order valence-corrected chi connectivity index (χ4v) is 3.07. The van der Waals surface area contributed by atoms with Gasteiger partial charge >= 0.3 is 6.55 Å². The molecular weight excluding hydrogens is 347 g/mol. The second-order valence-corrected chi connectivity index (χ2v) is 6.77. The van der Waals surface area contributed by atoms with Gasteiger partial charge in [0.15, 0.2) is 0 Å². The van der Waals surface area contributed by atoms with Crippen molar-refractivity contribution in [3.05, 3.63) is 23.9 Å². The summed E-state index contributed by atoms with van der Waals surface area (Å²) >= 11 is 0. The molecule has 1 N–H and O–H groups in total. The van der Waals surface area contributed by atoms with E-state index in [1.165, 1.54) is 13.1 Å². The fourth-order valence-electron chi connectivity index (χ4n) is 3.07. The van der Waals surface area contributed by atoms with Gasteiger partial charge in [-0.05, 0) is 31.6 Å². The Morgan fingerprint density at radius 3 is 2.65 bits per heavy atom. The number of nitrogens with zero attached hydrogens (tertiary/aromatic N) is 4. The highest BCUT2D eigenvalue weighted by Gasteiger charge is 2.20. The Hall–Kier alpha value is -2.32. The predicted octanol–water partition coefficient (Wildman–Crippen LogP) is 4.46. The number of hydrogen-bond donors (Lipinski definition) is 1. The summed E-state index contributed by atoms with van der Waals surface area (Å²) in [6.07, 6.45) is 6.68. The van der Waals surface area contributed by atoms with Gasteiger partial charge in [0.05, 0.1) is 30.4 Å². The lowest BCUT2D eigenvalue weighted by Gasteiger charge is -2.25. The van der Waals surface area contributed by atoms with Gasteiger partial charge in [0.1, 0.15) is 0 Å². The van der Waals surface area contributed by atoms with Gasteiger partial charge in [0, 0.05) is 0 Å². The minimum atomic E-state index is -2.74. The van der Waals surface area contributed by atoms with Crippen molar-refractivity contribution in [1.82, 2.24) is 19.7 Å². The molecule has 0 aromatic carbocycles. The molecule has 9 heteroatoms. The molecule has 0 atom stereocenters. The van der Waals surface area contributed by atoms with Crippen molar-refractivity contribution in [1.29, 1.82) is 0 Å². The van der Waals surface area contributed by atoms with Crippen LogP contribution in [0.25, 0.3) is 0 Å². The van der Waals surface area contributed by atoms with Crippen molar-refractivity contribution in [2.24, 2.45) is 11.8 Å². The smallest absolute Gasteiger partial charge is 0.333 e. The molecule has 0 radical (unpaired) electrons. The lowest BCUT2D eigenvalue weighted by atomic mass is 9.83. The molecule has 142 valence electrons. The Morgan fingerprint density at radius 2 is 2.00 bits per heavy atom. The molecule has 2 aromatic heterocycles. The lowest BCUT2D eigenvalue weighted by Crippen LogP contribution is -2.19. The van der Waals surface area contributed by atoms with Gasteiger partial charge in [-0.2, -0.15) is 23.3 Å². The van der Waals surface area contributed by atoms with E-state index in [1.807, 2.05) is 0 Å². The highest BCUT2D eigenvalue weighted by Crippen LogP contribution is 2.29. The molecule has 1 aliphatic carbocycles. The van der Waals surface area contributed by atoms with Crippen LogP contribution in [0.5, 0.6) is 5.88 Å². The minimum Gasteiger partial charge on any atom is -0.475 e. The van der Waals surface area contributed by atoms with Crippen molar-refractivity contribution in [3.63, 3.8) is 0 Å². The van der Waals surface area contributed by atoms with E-state index in [4.69, 9.17) is 4.74 Å². The molecule has 0 spiro atoms. The molecule has 1 saturated carbocycles. The van der Waals surface area contributed by atoms with E-state index in [9.17, 15) is 13.2 Å². The highest BCUT2D eigenvalue weighted by molar-refractivity contribution is 5.55. The van der Waals surface area contributed by atoms with E-state index >= 15 is 0 Å². The number of nitrogens with one attached hydrogen (secondary N) is 1. The molecule has 0 amide bonds. The molecule has 6 nitrogen and oxygen atoms in total. The van der Waals surface area contributed by atoms with Gasteiger partial charge < -0.3 is 10.1 Å². The summed E-state index contributed by atoms with van der Waals surface area (Å²) in [6.45, 7) is 1.39. The molecule has 2 aromatic rings. The van der Waals surface area contributed by atoms with E-state index in [2.05, 4.69) is 27.3 Å². The quantitative estimate of drug-likeness (QED) is 0.814. The summed E-state index contributed by atoms with van der Waals surface area (Å²) < 4.78 is 45.6. The van der Waals surface area contributed by atoms with Crippen LogP contribution in [-0.4, -0.2) is 26.4 Å². The largest absolute Gasteiger partial charge is 0.475 e. The number of aromatic nitrogens is 4. The van der Waals surface area contributed by atoms with Crippen molar-refractivity contribution >= 4 is 11.6 Å². The third-order valence-electron chi connectivity index (χ3n) is 4.78. The van der Waals surface area contributed by atoms with Crippen LogP contribution < -0.4 is 10.1 Å². The van der Waals surface area contributed by atoms with Gasteiger partial charge in [-0.15, -0.1) is 0 Å². The highest BCUT2D eigenvalue weighted by atomic mass is 19.3. The van der Waals surface area contributed by atoms with E-state index in [0.29, 0.717) is 22.9 Å². The zero-order chi connectivity index (χ0) is 18.7. The van der Waals surface area contributed by atoms with Crippen molar-refractivity contribution in [3.8, 4) is 5.88 Å². The van der Waals surface area contributed by atoms with E-state index in [1.54, 1.807) is 0 Å². The molecule has 0 saturated heterocycles. The number of halogens is 3. The first kappa shape index (κ1) is 18.5. The Labute approximate surface area is 149 Å². The predicted molar refractivity (Wildman–Crippen MR) is 90.1 cm³/mol. The Morgan fingerprint density at radius 1 is 1.27 bits per heavy atom. The first-order valence-corrected chi connectivity index (χ1v) is 8.68. The zero-order valence-electron chi connectivity index (χ0n) is 14.8. The van der Waals surface area contributed by atoms with Gasteiger partial charge in [0.25, 0.3) is 5.88 Å². The average Bonchev–Trinajstić information content (AvgIpc) is 2.97. The van der Waals surface area contributed by atoms with E-state index < -0.39 is 12.4 Å². The van der Waals surface area contributed by atoms with Crippen LogP contribution in [-0.2, 0) is 0 Å². The van der Waals surface area contributed by atoms with Crippen molar-refractivity contribution in [2.45, 2.75) is 46.1 Å². The van der Waals surface area contributed by atoms with Crippen LogP contribution in [0.15, 0.2) is 12.4 Å². The van der Waals surface area contributed by atoms with Crippen molar-refractivity contribution in [2.75, 3.05) is 11.9 Å². The monoisotopic (exact) mass is 369 g/mol. The molecule has 0 bridgehead atoms. The standard InChI is InChI=1S/C17H22F3N5O/c1-10-3-5-12(6-4-10)9-26-15-13(18)7-21-17(24-15)23-14-8-22-25(11(14)2)16(19)20/h7-8,10,12,16H,3-6,9H2,1-2H3,(H,21,23,24). The first-order chi connectivity index (χ1) is 12.4. The molecule has 2 heterocycles. The molecule has 26 heavy (non-hydrogen) atoms. The zero-order valence-corrected chi connectivity index (χ0v) is 14.8. The maximum absolute atomic E-state index is 13.9. The molecule has 0 unspecified atom stereocenters. The van der Waals surface area contributed by atoms with Crippen LogP contribution in [0.1, 0.15) is 44.9 Å². The van der Waals surface area contributed by atoms with E-state index in [-0.39, 0.29) is 17.5 Å². The molecular formula is C17H22F3N5O. The Bertz CT molecular complexity index is 744. The van der Waals surface area contributed by atoms with Gasteiger partial charge in [-0.1, -0.05) is 19.8 Å². The fraction of sp³-hybridized carbons (Fsp3) is 0.588. The Balaban J connectivity index is 1.66. The summed E-state index contributed by atoms with van der Waals surface area (Å²) in [6, 6.07) is 0. The molecule has 1 aliphatic rings. The van der Waals surface area contributed by atoms with Crippen LogP contribution in [0.4, 0.5) is 24.8 Å². The average molecular weight is 369 g/mol. The number of rotatable bonds is 6. The number of alkyl halides is 2. The summed E-state index contributed by atoms with van der Waals surface area (Å²) in [7, 11) is 0. The SMILES string of the molecule is Cc1c(Nc2ncc(F)c(OCC3CCC(C)CC3)n2)cnn1C(F)F. The third kappa shape index (κ3) is 4.25. The maximum Gasteiger partial charge on any atom is 0.333 e. The summed E-state index contributed by atoms with van der Waals surface area (Å²) in [5.41, 5.74) is 0.552. The normalized spacial score (nSPS) is 20.4. The van der Waals surface area contributed by atoms with Gasteiger partial charge in [-0.3, -0.25) is 0 Å². The Kier molecular flexibility index (Phi) is 5.63. The number of anilines is 2. The number of hydrogen-bond acceptors (Lipinski definition) is 5. The van der Waals surface area contributed by atoms with Crippen LogP contribution in [0, 0.1) is 24.6 Å². The van der Waals surface area contributed by atoms with Gasteiger partial charge in [-0.25, -0.2) is 9.67 Å². The summed E-state index contributed by atoms with van der Waals surface area (Å²) in [5, 5.41) is 6.37. The van der Waals surface area contributed by atoms with Crippen LogP contribution >= 0.6 is 0 Å². The topological polar surface area (TPSA) is 64.9 Å². The first-order valence-electron chi connectivity index (χ1n) is 8.68. The molecule has 0 aliphatic heterocycles. The second-order valence-electron chi connectivity index (χ2n) is 6.77. The summed E-state index contributed by atoms with van der Waals surface area (Å²) in [4.78, 5) is 7.85. The maximum atomic E-state index is 13.9.